The summed E-state index contributed by atoms with van der Waals surface area (Å²) in [6.07, 6.45) is -0.984. The Morgan fingerprint density at radius 1 is 1.48 bits per heavy atom. The zero-order valence-electron chi connectivity index (χ0n) is 10.6. The first-order chi connectivity index (χ1) is 9.81. The van der Waals surface area contributed by atoms with Crippen molar-refractivity contribution in [3.8, 4) is 0 Å². The smallest absolute Gasteiger partial charge is 0.242 e. The molecule has 1 unspecified atom stereocenters. The van der Waals surface area contributed by atoms with Crippen LogP contribution in [0.15, 0.2) is 33.9 Å². The maximum atomic E-state index is 13.2. The lowest BCUT2D eigenvalue weighted by atomic mass is 10.2. The number of nitrogens with two attached hydrogens (primary N) is 1. The second-order valence-corrected chi connectivity index (χ2v) is 7.15. The molecule has 0 aliphatic heterocycles. The molecule has 4 N–H and O–H groups in total. The number of nitrogen functional groups attached to an aromatic ring is 1. The number of rotatable bonds is 5. The number of halogens is 2. The van der Waals surface area contributed by atoms with E-state index in [2.05, 4.69) is 4.72 Å². The molecule has 0 saturated carbocycles. The summed E-state index contributed by atoms with van der Waals surface area (Å²) in [4.78, 5) is -0.333. The molecule has 0 fully saturated rings. The topological polar surface area (TPSA) is 92.4 Å². The number of hydrogen-bond acceptors (Lipinski definition) is 5. The molecule has 0 bridgehead atoms. The van der Waals surface area contributed by atoms with Gasteiger partial charge in [-0.3, -0.25) is 0 Å². The number of nitrogens with one attached hydrogen (secondary N) is 1. The highest BCUT2D eigenvalue weighted by Gasteiger charge is 2.21. The second kappa shape index (κ2) is 6.29. The van der Waals surface area contributed by atoms with Crippen LogP contribution in [-0.2, 0) is 10.0 Å². The fourth-order valence-electron chi connectivity index (χ4n) is 1.60. The van der Waals surface area contributed by atoms with Gasteiger partial charge in [0.05, 0.1) is 16.8 Å². The summed E-state index contributed by atoms with van der Waals surface area (Å²) in [5, 5.41) is 13.0. The number of hydrogen-bond donors (Lipinski definition) is 3. The van der Waals surface area contributed by atoms with E-state index in [0.717, 1.165) is 12.1 Å². The molecule has 0 radical (unpaired) electrons. The summed E-state index contributed by atoms with van der Waals surface area (Å²) in [6.45, 7) is -0.229. The lowest BCUT2D eigenvalue weighted by molar-refractivity contribution is 0.182. The van der Waals surface area contributed by atoms with Gasteiger partial charge in [0, 0.05) is 6.54 Å². The van der Waals surface area contributed by atoms with Crippen molar-refractivity contribution in [1.82, 2.24) is 4.72 Å². The van der Waals surface area contributed by atoms with Crippen LogP contribution in [0.25, 0.3) is 0 Å². The maximum absolute atomic E-state index is 13.2. The quantitative estimate of drug-likeness (QED) is 0.720. The van der Waals surface area contributed by atoms with Gasteiger partial charge in [0.2, 0.25) is 10.0 Å². The summed E-state index contributed by atoms with van der Waals surface area (Å²) in [5.74, 6) is -0.794. The number of aliphatic hydroxyl groups is 1. The normalized spacial score (nSPS) is 13.3. The first-order valence-electron chi connectivity index (χ1n) is 5.75. The van der Waals surface area contributed by atoms with Crippen molar-refractivity contribution in [2.45, 2.75) is 11.0 Å². The first kappa shape index (κ1) is 16.2. The third-order valence-electron chi connectivity index (χ3n) is 2.74. The predicted octanol–water partition coefficient (Wildman–Crippen LogP) is 2.13. The van der Waals surface area contributed by atoms with Crippen LogP contribution in [0, 0.1) is 5.82 Å². The molecule has 0 spiro atoms. The molecular weight excluding hydrogens is 339 g/mol. The van der Waals surface area contributed by atoms with E-state index in [1.165, 1.54) is 11.3 Å². The average molecular weight is 351 g/mol. The summed E-state index contributed by atoms with van der Waals surface area (Å²) < 4.78 is 39.6. The van der Waals surface area contributed by atoms with Crippen LogP contribution in [0.3, 0.4) is 0 Å². The Labute approximate surface area is 130 Å². The highest BCUT2D eigenvalue weighted by atomic mass is 35.5. The van der Waals surface area contributed by atoms with Gasteiger partial charge in [0.25, 0.3) is 0 Å². The number of benzene rings is 1. The van der Waals surface area contributed by atoms with Gasteiger partial charge in [-0.1, -0.05) is 11.6 Å². The van der Waals surface area contributed by atoms with E-state index in [-0.39, 0.29) is 22.2 Å². The van der Waals surface area contributed by atoms with Crippen molar-refractivity contribution in [2.24, 2.45) is 0 Å². The molecule has 1 aromatic heterocycles. The Kier molecular flexibility index (Phi) is 4.84. The van der Waals surface area contributed by atoms with Gasteiger partial charge in [-0.15, -0.1) is 0 Å². The fraction of sp³-hybridized carbons (Fsp3) is 0.167. The van der Waals surface area contributed by atoms with Crippen molar-refractivity contribution in [3.63, 3.8) is 0 Å². The predicted molar refractivity (Wildman–Crippen MR) is 80.3 cm³/mol. The zero-order chi connectivity index (χ0) is 15.6. The minimum absolute atomic E-state index is 0.229. The van der Waals surface area contributed by atoms with Crippen molar-refractivity contribution in [2.75, 3.05) is 12.3 Å². The van der Waals surface area contributed by atoms with Crippen LogP contribution in [0.4, 0.5) is 10.1 Å². The lowest BCUT2D eigenvalue weighted by Gasteiger charge is -2.12. The highest BCUT2D eigenvalue weighted by molar-refractivity contribution is 7.89. The van der Waals surface area contributed by atoms with Gasteiger partial charge < -0.3 is 10.8 Å². The van der Waals surface area contributed by atoms with Crippen molar-refractivity contribution in [1.29, 1.82) is 0 Å². The van der Waals surface area contributed by atoms with Gasteiger partial charge in [0.15, 0.2) is 0 Å². The fourth-order valence-corrected chi connectivity index (χ4v) is 3.89. The van der Waals surface area contributed by atoms with Crippen LogP contribution in [0.5, 0.6) is 0 Å². The van der Waals surface area contributed by atoms with Crippen LogP contribution >= 0.6 is 22.9 Å². The van der Waals surface area contributed by atoms with E-state index >= 15 is 0 Å². The highest BCUT2D eigenvalue weighted by Crippen LogP contribution is 2.26. The van der Waals surface area contributed by atoms with E-state index in [1.807, 2.05) is 0 Å². The Hall–Kier alpha value is -1.19. The SMILES string of the molecule is Nc1cc(S(=O)(=O)NCC(O)c2ccsc2)c(Cl)cc1F. The van der Waals surface area contributed by atoms with Crippen molar-refractivity contribution in [3.05, 3.63) is 45.4 Å². The molecule has 0 saturated heterocycles. The summed E-state index contributed by atoms with van der Waals surface area (Å²) in [5.41, 5.74) is 5.63. The van der Waals surface area contributed by atoms with Crippen molar-refractivity contribution < 1.29 is 17.9 Å². The molecular formula is C12H12ClFN2O3S2. The standard InChI is InChI=1S/C12H12ClFN2O3S2/c13-8-3-9(14)10(15)4-12(8)21(18,19)16-5-11(17)7-1-2-20-6-7/h1-4,6,11,16-17H,5,15H2. The van der Waals surface area contributed by atoms with E-state index < -0.39 is 21.9 Å². The monoisotopic (exact) mass is 350 g/mol. The average Bonchev–Trinajstić information content (AvgIpc) is 2.94. The Morgan fingerprint density at radius 3 is 2.81 bits per heavy atom. The number of sulfonamides is 1. The number of aliphatic hydroxyl groups excluding tert-OH is 1. The molecule has 2 rings (SSSR count). The van der Waals surface area contributed by atoms with Gasteiger partial charge in [-0.25, -0.2) is 17.5 Å². The van der Waals surface area contributed by atoms with Crippen LogP contribution < -0.4 is 10.5 Å². The molecule has 1 aromatic carbocycles. The maximum Gasteiger partial charge on any atom is 0.242 e. The molecule has 0 aliphatic carbocycles. The minimum atomic E-state index is -4.00. The van der Waals surface area contributed by atoms with Crippen LogP contribution in [0.2, 0.25) is 5.02 Å². The summed E-state index contributed by atoms with van der Waals surface area (Å²) in [6, 6.07) is 3.46. The number of thiophene rings is 1. The molecule has 9 heteroatoms. The lowest BCUT2D eigenvalue weighted by Crippen LogP contribution is -2.28. The van der Waals surface area contributed by atoms with E-state index in [4.69, 9.17) is 17.3 Å². The van der Waals surface area contributed by atoms with E-state index in [0.29, 0.717) is 5.56 Å². The van der Waals surface area contributed by atoms with Gasteiger partial charge >= 0.3 is 0 Å². The largest absolute Gasteiger partial charge is 0.396 e. The van der Waals surface area contributed by atoms with Gasteiger partial charge in [0.1, 0.15) is 10.7 Å². The zero-order valence-corrected chi connectivity index (χ0v) is 13.0. The third kappa shape index (κ3) is 3.72. The molecule has 0 aliphatic rings. The second-order valence-electron chi connectivity index (χ2n) is 4.23. The first-order valence-corrected chi connectivity index (χ1v) is 8.56. The summed E-state index contributed by atoms with van der Waals surface area (Å²) in [7, 11) is -4.00. The molecule has 21 heavy (non-hydrogen) atoms. The molecule has 1 heterocycles. The third-order valence-corrected chi connectivity index (χ3v) is 5.33. The Bertz CT molecular complexity index is 735. The van der Waals surface area contributed by atoms with E-state index in [1.54, 1.807) is 16.8 Å². The molecule has 1 atom stereocenters. The molecule has 0 amide bonds. The Balaban J connectivity index is 2.17. The van der Waals surface area contributed by atoms with E-state index in [9.17, 15) is 17.9 Å². The molecule has 5 nitrogen and oxygen atoms in total. The van der Waals surface area contributed by atoms with Crippen LogP contribution in [0.1, 0.15) is 11.7 Å². The summed E-state index contributed by atoms with van der Waals surface area (Å²) >= 11 is 7.11. The Morgan fingerprint density at radius 2 is 2.19 bits per heavy atom. The van der Waals surface area contributed by atoms with Crippen LogP contribution in [-0.4, -0.2) is 20.1 Å². The molecule has 2 aromatic rings. The molecule has 114 valence electrons. The minimum Gasteiger partial charge on any atom is -0.396 e. The number of anilines is 1. The van der Waals surface area contributed by atoms with Crippen molar-refractivity contribution >= 4 is 38.6 Å². The van der Waals surface area contributed by atoms with Gasteiger partial charge in [-0.2, -0.15) is 11.3 Å². The van der Waals surface area contributed by atoms with Gasteiger partial charge in [-0.05, 0) is 34.5 Å².